The van der Waals surface area contributed by atoms with Gasteiger partial charge in [-0.3, -0.25) is 14.7 Å². The molecule has 1 amide bonds. The van der Waals surface area contributed by atoms with Gasteiger partial charge < -0.3 is 15.5 Å². The van der Waals surface area contributed by atoms with Crippen LogP contribution in [0, 0.1) is 5.92 Å². The average Bonchev–Trinajstić information content (AvgIpc) is 2.66. The number of piperidine rings is 2. The molecule has 0 aliphatic carbocycles. The van der Waals surface area contributed by atoms with E-state index in [4.69, 9.17) is 4.99 Å². The van der Waals surface area contributed by atoms with Crippen LogP contribution < -0.4 is 10.6 Å². The smallest absolute Gasteiger partial charge is 0.225 e. The molecule has 2 rings (SSSR count). The third-order valence-corrected chi connectivity index (χ3v) is 5.60. The lowest BCUT2D eigenvalue weighted by molar-refractivity contribution is -0.135. The molecule has 2 fully saturated rings. The summed E-state index contributed by atoms with van der Waals surface area (Å²) in [6.07, 6.45) is 5.89. The molecule has 1 atom stereocenters. The van der Waals surface area contributed by atoms with Crippen LogP contribution in [0.1, 0.15) is 59.8 Å². The highest BCUT2D eigenvalue weighted by atomic mass is 16.2. The van der Waals surface area contributed by atoms with Crippen LogP contribution in [0.3, 0.4) is 0 Å². The molecule has 0 aromatic rings. The number of hydrogen-bond acceptors (Lipinski definition) is 3. The summed E-state index contributed by atoms with van der Waals surface area (Å²) in [5.41, 5.74) is 0. The second kappa shape index (κ2) is 10.8. The molecule has 2 aliphatic rings. The lowest BCUT2D eigenvalue weighted by Gasteiger charge is -2.35. The van der Waals surface area contributed by atoms with Gasteiger partial charge in [0.1, 0.15) is 0 Å². The fourth-order valence-corrected chi connectivity index (χ4v) is 4.00. The summed E-state index contributed by atoms with van der Waals surface area (Å²) in [6, 6.07) is 0.979. The van der Waals surface area contributed by atoms with Crippen LogP contribution in [-0.4, -0.2) is 73.0 Å². The SMILES string of the molecule is CCNC(=NCC1CCCCN1CC)NC1CCN(C(=O)C(C)C)CC1. The van der Waals surface area contributed by atoms with Gasteiger partial charge in [0.2, 0.25) is 5.91 Å². The first-order valence-electron chi connectivity index (χ1n) is 10.6. The fourth-order valence-electron chi connectivity index (χ4n) is 4.00. The summed E-state index contributed by atoms with van der Waals surface area (Å²) in [5.74, 6) is 1.30. The van der Waals surface area contributed by atoms with Crippen molar-refractivity contribution >= 4 is 11.9 Å². The van der Waals surface area contributed by atoms with Gasteiger partial charge in [-0.25, -0.2) is 0 Å². The van der Waals surface area contributed by atoms with E-state index in [0.717, 1.165) is 51.5 Å². The van der Waals surface area contributed by atoms with Crippen LogP contribution in [0.15, 0.2) is 4.99 Å². The van der Waals surface area contributed by atoms with E-state index in [0.29, 0.717) is 12.1 Å². The van der Waals surface area contributed by atoms with Crippen molar-refractivity contribution in [3.63, 3.8) is 0 Å². The number of carbonyl (C=O) groups is 1. The lowest BCUT2D eigenvalue weighted by atomic mass is 10.0. The number of nitrogens with one attached hydrogen (secondary N) is 2. The Morgan fingerprint density at radius 1 is 1.12 bits per heavy atom. The molecule has 0 aromatic heterocycles. The van der Waals surface area contributed by atoms with Gasteiger partial charge in [-0.2, -0.15) is 0 Å². The third kappa shape index (κ3) is 6.15. The Labute approximate surface area is 159 Å². The molecule has 2 saturated heterocycles. The van der Waals surface area contributed by atoms with E-state index in [1.54, 1.807) is 0 Å². The van der Waals surface area contributed by atoms with Crippen molar-refractivity contribution in [3.05, 3.63) is 0 Å². The van der Waals surface area contributed by atoms with E-state index in [1.165, 1.54) is 25.8 Å². The maximum absolute atomic E-state index is 12.1. The monoisotopic (exact) mass is 365 g/mol. The van der Waals surface area contributed by atoms with Crippen LogP contribution in [0.25, 0.3) is 0 Å². The van der Waals surface area contributed by atoms with Crippen LogP contribution in [0.4, 0.5) is 0 Å². The highest BCUT2D eigenvalue weighted by molar-refractivity contribution is 5.80. The number of hydrogen-bond donors (Lipinski definition) is 2. The maximum Gasteiger partial charge on any atom is 0.225 e. The zero-order valence-electron chi connectivity index (χ0n) is 17.3. The molecular weight excluding hydrogens is 326 g/mol. The van der Waals surface area contributed by atoms with Crippen molar-refractivity contribution in [2.75, 3.05) is 39.3 Å². The lowest BCUT2D eigenvalue weighted by Crippen LogP contribution is -2.50. The van der Waals surface area contributed by atoms with Gasteiger partial charge in [0.05, 0.1) is 6.54 Å². The first-order chi connectivity index (χ1) is 12.5. The molecule has 0 saturated carbocycles. The standard InChI is InChI=1S/C20H39N5O/c1-5-21-20(22-15-18-9-7-8-12-24(18)6-2)23-17-10-13-25(14-11-17)19(26)16(3)4/h16-18H,5-15H2,1-4H3,(H2,21,22,23). The summed E-state index contributed by atoms with van der Waals surface area (Å²) in [7, 11) is 0. The molecule has 6 heteroatoms. The second-order valence-corrected chi connectivity index (χ2v) is 7.90. The van der Waals surface area contributed by atoms with Gasteiger partial charge >= 0.3 is 0 Å². The Kier molecular flexibility index (Phi) is 8.69. The van der Waals surface area contributed by atoms with Crippen molar-refractivity contribution in [2.24, 2.45) is 10.9 Å². The molecule has 0 aromatic carbocycles. The predicted octanol–water partition coefficient (Wildman–Crippen LogP) is 2.06. The highest BCUT2D eigenvalue weighted by Gasteiger charge is 2.25. The number of nitrogens with zero attached hydrogens (tertiary/aromatic N) is 3. The minimum Gasteiger partial charge on any atom is -0.357 e. The minimum atomic E-state index is 0.0930. The molecule has 2 heterocycles. The number of amides is 1. The molecule has 0 radical (unpaired) electrons. The van der Waals surface area contributed by atoms with Crippen LogP contribution in [0.2, 0.25) is 0 Å². The van der Waals surface area contributed by atoms with Gasteiger partial charge in [0.25, 0.3) is 0 Å². The van der Waals surface area contributed by atoms with Crippen molar-refractivity contribution in [3.8, 4) is 0 Å². The van der Waals surface area contributed by atoms with Gasteiger partial charge in [0.15, 0.2) is 5.96 Å². The van der Waals surface area contributed by atoms with Crippen LogP contribution >= 0.6 is 0 Å². The molecular formula is C20H39N5O. The number of likely N-dealkylation sites (tertiary alicyclic amines) is 2. The van der Waals surface area contributed by atoms with Crippen molar-refractivity contribution in [1.82, 2.24) is 20.4 Å². The zero-order valence-corrected chi connectivity index (χ0v) is 17.3. The summed E-state index contributed by atoms with van der Waals surface area (Å²) < 4.78 is 0. The van der Waals surface area contributed by atoms with Crippen molar-refractivity contribution < 1.29 is 4.79 Å². The quantitative estimate of drug-likeness (QED) is 0.559. The van der Waals surface area contributed by atoms with Gasteiger partial charge in [-0.05, 0) is 45.7 Å². The van der Waals surface area contributed by atoms with E-state index >= 15 is 0 Å². The Balaban J connectivity index is 1.85. The number of aliphatic imine (C=N–C) groups is 1. The Bertz CT molecular complexity index is 457. The van der Waals surface area contributed by atoms with Crippen molar-refractivity contribution in [2.45, 2.75) is 71.9 Å². The van der Waals surface area contributed by atoms with E-state index in [1.807, 2.05) is 18.7 Å². The number of likely N-dealkylation sites (N-methyl/N-ethyl adjacent to an activating group) is 1. The fraction of sp³-hybridized carbons (Fsp3) is 0.900. The molecule has 2 N–H and O–H groups in total. The average molecular weight is 366 g/mol. The second-order valence-electron chi connectivity index (χ2n) is 7.90. The molecule has 1 unspecified atom stereocenters. The normalized spacial score (nSPS) is 23.3. The third-order valence-electron chi connectivity index (χ3n) is 5.60. The summed E-state index contributed by atoms with van der Waals surface area (Å²) in [4.78, 5) is 21.6. The Morgan fingerprint density at radius 2 is 1.85 bits per heavy atom. The van der Waals surface area contributed by atoms with Crippen LogP contribution in [-0.2, 0) is 4.79 Å². The molecule has 150 valence electrons. The summed E-state index contributed by atoms with van der Waals surface area (Å²) >= 11 is 0. The van der Waals surface area contributed by atoms with Gasteiger partial charge in [0, 0.05) is 37.6 Å². The Morgan fingerprint density at radius 3 is 2.46 bits per heavy atom. The summed E-state index contributed by atoms with van der Waals surface area (Å²) in [5, 5.41) is 6.99. The molecule has 0 bridgehead atoms. The van der Waals surface area contributed by atoms with Gasteiger partial charge in [-0.1, -0.05) is 27.2 Å². The molecule has 26 heavy (non-hydrogen) atoms. The van der Waals surface area contributed by atoms with E-state index in [2.05, 4.69) is 29.4 Å². The van der Waals surface area contributed by atoms with E-state index in [9.17, 15) is 4.79 Å². The minimum absolute atomic E-state index is 0.0930. The molecule has 0 spiro atoms. The van der Waals surface area contributed by atoms with Gasteiger partial charge in [-0.15, -0.1) is 0 Å². The van der Waals surface area contributed by atoms with Crippen molar-refractivity contribution in [1.29, 1.82) is 0 Å². The number of rotatable bonds is 6. The largest absolute Gasteiger partial charge is 0.357 e. The topological polar surface area (TPSA) is 60.0 Å². The number of carbonyl (C=O) groups excluding carboxylic acids is 1. The summed E-state index contributed by atoms with van der Waals surface area (Å²) in [6.45, 7) is 14.1. The molecule has 6 nitrogen and oxygen atoms in total. The number of guanidine groups is 1. The zero-order chi connectivity index (χ0) is 18.9. The van der Waals surface area contributed by atoms with E-state index in [-0.39, 0.29) is 11.8 Å². The predicted molar refractivity (Wildman–Crippen MR) is 108 cm³/mol. The van der Waals surface area contributed by atoms with Crippen LogP contribution in [0.5, 0.6) is 0 Å². The maximum atomic E-state index is 12.1. The first kappa shape index (κ1) is 21.0. The van der Waals surface area contributed by atoms with E-state index < -0.39 is 0 Å². The Hall–Kier alpha value is -1.30. The first-order valence-corrected chi connectivity index (χ1v) is 10.6. The highest BCUT2D eigenvalue weighted by Crippen LogP contribution is 2.17. The molecule has 2 aliphatic heterocycles.